The van der Waals surface area contributed by atoms with E-state index < -0.39 is 0 Å². The molecule has 0 atom stereocenters. The number of nitrogens with zero attached hydrogens (tertiary/aromatic N) is 6. The second-order valence-electron chi connectivity index (χ2n) is 8.41. The first-order valence-electron chi connectivity index (χ1n) is 10.7. The fraction of sp³-hybridized carbons (Fsp3) is 0.500. The first-order valence-corrected chi connectivity index (χ1v) is 10.7. The standard InChI is InChI=1S/C22H28N6O2/c1-16(2)28-15-23-20-11-18(3-4-19(20)22(28)29)26-7-5-25(6-8-26)12-17-13-27-9-10-30-14-21(27)24-17/h3-4,11,13,15-16H,5-10,12,14H2,1-2H3. The Hall–Kier alpha value is -2.71. The third-order valence-electron chi connectivity index (χ3n) is 6.06. The van der Waals surface area contributed by atoms with Crippen LogP contribution in [0.4, 0.5) is 5.69 Å². The summed E-state index contributed by atoms with van der Waals surface area (Å²) in [5.74, 6) is 1.04. The van der Waals surface area contributed by atoms with E-state index in [9.17, 15) is 4.79 Å². The van der Waals surface area contributed by atoms with Crippen LogP contribution in [0.1, 0.15) is 31.4 Å². The van der Waals surface area contributed by atoms with Crippen molar-refractivity contribution in [1.29, 1.82) is 0 Å². The number of piperazine rings is 1. The van der Waals surface area contributed by atoms with Crippen molar-refractivity contribution in [2.45, 2.75) is 39.6 Å². The summed E-state index contributed by atoms with van der Waals surface area (Å²) in [6.45, 7) is 11.0. The Morgan fingerprint density at radius 1 is 1.13 bits per heavy atom. The van der Waals surface area contributed by atoms with Gasteiger partial charge in [0, 0.05) is 57.2 Å². The number of ether oxygens (including phenoxy) is 1. The van der Waals surface area contributed by atoms with Crippen LogP contribution >= 0.6 is 0 Å². The Bertz CT molecular complexity index is 1090. The van der Waals surface area contributed by atoms with Crippen LogP contribution in [-0.2, 0) is 24.4 Å². The number of fused-ring (bicyclic) bond motifs is 2. The van der Waals surface area contributed by atoms with Gasteiger partial charge in [0.15, 0.2) is 0 Å². The van der Waals surface area contributed by atoms with Crippen molar-refractivity contribution in [2.24, 2.45) is 0 Å². The second-order valence-corrected chi connectivity index (χ2v) is 8.41. The number of rotatable bonds is 4. The fourth-order valence-corrected chi connectivity index (χ4v) is 4.31. The van der Waals surface area contributed by atoms with Gasteiger partial charge in [0.25, 0.3) is 5.56 Å². The lowest BCUT2D eigenvalue weighted by Crippen LogP contribution is -2.46. The summed E-state index contributed by atoms with van der Waals surface area (Å²) >= 11 is 0. The minimum atomic E-state index is 0.0273. The van der Waals surface area contributed by atoms with Crippen molar-refractivity contribution >= 4 is 16.6 Å². The Kier molecular flexibility index (Phi) is 5.04. The monoisotopic (exact) mass is 408 g/mol. The molecule has 2 aliphatic heterocycles. The zero-order valence-corrected chi connectivity index (χ0v) is 17.6. The molecule has 0 saturated carbocycles. The van der Waals surface area contributed by atoms with Crippen molar-refractivity contribution in [1.82, 2.24) is 24.0 Å². The molecule has 0 amide bonds. The molecule has 2 aliphatic rings. The average Bonchev–Trinajstić information content (AvgIpc) is 3.16. The third-order valence-corrected chi connectivity index (χ3v) is 6.06. The highest BCUT2D eigenvalue weighted by molar-refractivity contribution is 5.81. The summed E-state index contributed by atoms with van der Waals surface area (Å²) < 4.78 is 9.38. The van der Waals surface area contributed by atoms with E-state index in [1.165, 1.54) is 0 Å². The van der Waals surface area contributed by atoms with Crippen molar-refractivity contribution in [2.75, 3.05) is 37.7 Å². The molecule has 1 aromatic carbocycles. The van der Waals surface area contributed by atoms with Gasteiger partial charge in [-0.2, -0.15) is 0 Å². The summed E-state index contributed by atoms with van der Waals surface area (Å²) in [6, 6.07) is 6.12. The number of anilines is 1. The average molecular weight is 409 g/mol. The van der Waals surface area contributed by atoms with E-state index in [4.69, 9.17) is 9.72 Å². The molecule has 3 aromatic rings. The molecule has 158 valence electrons. The van der Waals surface area contributed by atoms with E-state index in [1.54, 1.807) is 10.9 Å². The summed E-state index contributed by atoms with van der Waals surface area (Å²) in [5.41, 5.74) is 3.05. The normalized spacial score (nSPS) is 17.6. The van der Waals surface area contributed by atoms with Crippen LogP contribution in [0.5, 0.6) is 0 Å². The molecule has 1 fully saturated rings. The molecule has 0 unspecified atom stereocenters. The van der Waals surface area contributed by atoms with Crippen molar-refractivity contribution in [3.05, 3.63) is 52.6 Å². The number of benzene rings is 1. The minimum absolute atomic E-state index is 0.0273. The summed E-state index contributed by atoms with van der Waals surface area (Å²) in [5, 5.41) is 0.682. The molecule has 8 nitrogen and oxygen atoms in total. The Balaban J connectivity index is 1.26. The van der Waals surface area contributed by atoms with Crippen molar-refractivity contribution < 1.29 is 4.74 Å². The molecule has 30 heavy (non-hydrogen) atoms. The molecule has 0 radical (unpaired) electrons. The molecule has 0 bridgehead atoms. The number of imidazole rings is 1. The van der Waals surface area contributed by atoms with Gasteiger partial charge >= 0.3 is 0 Å². The maximum atomic E-state index is 12.6. The molecule has 0 aliphatic carbocycles. The van der Waals surface area contributed by atoms with Gasteiger partial charge in [0.1, 0.15) is 12.4 Å². The van der Waals surface area contributed by atoms with E-state index >= 15 is 0 Å². The van der Waals surface area contributed by atoms with E-state index in [-0.39, 0.29) is 11.6 Å². The highest BCUT2D eigenvalue weighted by Gasteiger charge is 2.20. The van der Waals surface area contributed by atoms with Gasteiger partial charge in [0.05, 0.1) is 29.5 Å². The lowest BCUT2D eigenvalue weighted by atomic mass is 10.2. The van der Waals surface area contributed by atoms with Gasteiger partial charge in [-0.05, 0) is 32.0 Å². The maximum absolute atomic E-state index is 12.6. The van der Waals surface area contributed by atoms with Crippen LogP contribution < -0.4 is 10.5 Å². The van der Waals surface area contributed by atoms with E-state index in [1.807, 2.05) is 26.0 Å². The summed E-state index contributed by atoms with van der Waals surface area (Å²) in [6.07, 6.45) is 3.83. The van der Waals surface area contributed by atoms with E-state index in [0.29, 0.717) is 12.0 Å². The van der Waals surface area contributed by atoms with Crippen LogP contribution in [0.25, 0.3) is 10.9 Å². The number of aromatic nitrogens is 4. The molecular formula is C22H28N6O2. The Labute approximate surface area is 175 Å². The fourth-order valence-electron chi connectivity index (χ4n) is 4.31. The summed E-state index contributed by atoms with van der Waals surface area (Å²) in [7, 11) is 0. The van der Waals surface area contributed by atoms with Crippen LogP contribution in [0.15, 0.2) is 35.5 Å². The van der Waals surface area contributed by atoms with Crippen LogP contribution in [-0.4, -0.2) is 56.8 Å². The van der Waals surface area contributed by atoms with Gasteiger partial charge in [-0.1, -0.05) is 0 Å². The van der Waals surface area contributed by atoms with Gasteiger partial charge < -0.3 is 14.2 Å². The molecular weight excluding hydrogens is 380 g/mol. The van der Waals surface area contributed by atoms with Crippen LogP contribution in [0, 0.1) is 0 Å². The Morgan fingerprint density at radius 2 is 1.97 bits per heavy atom. The molecule has 8 heteroatoms. The summed E-state index contributed by atoms with van der Waals surface area (Å²) in [4.78, 5) is 26.7. The van der Waals surface area contributed by atoms with Crippen LogP contribution in [0.2, 0.25) is 0 Å². The second kappa shape index (κ2) is 7.85. The van der Waals surface area contributed by atoms with Crippen molar-refractivity contribution in [3.8, 4) is 0 Å². The first kappa shape index (κ1) is 19.3. The lowest BCUT2D eigenvalue weighted by molar-refractivity contribution is 0.0816. The van der Waals surface area contributed by atoms with Gasteiger partial charge in [0.2, 0.25) is 0 Å². The quantitative estimate of drug-likeness (QED) is 0.658. The smallest absolute Gasteiger partial charge is 0.261 e. The minimum Gasteiger partial charge on any atom is -0.372 e. The largest absolute Gasteiger partial charge is 0.372 e. The van der Waals surface area contributed by atoms with E-state index in [2.05, 4.69) is 31.6 Å². The predicted octanol–water partition coefficient (Wildman–Crippen LogP) is 2.03. The zero-order valence-electron chi connectivity index (χ0n) is 17.6. The van der Waals surface area contributed by atoms with Crippen LogP contribution in [0.3, 0.4) is 0 Å². The third kappa shape index (κ3) is 3.61. The number of hydrogen-bond donors (Lipinski definition) is 0. The molecule has 0 spiro atoms. The molecule has 0 N–H and O–H groups in total. The highest BCUT2D eigenvalue weighted by atomic mass is 16.5. The predicted molar refractivity (Wildman–Crippen MR) is 116 cm³/mol. The Morgan fingerprint density at radius 3 is 2.73 bits per heavy atom. The van der Waals surface area contributed by atoms with Gasteiger partial charge in [-0.15, -0.1) is 0 Å². The topological polar surface area (TPSA) is 68.4 Å². The maximum Gasteiger partial charge on any atom is 0.261 e. The lowest BCUT2D eigenvalue weighted by Gasteiger charge is -2.35. The first-order chi connectivity index (χ1) is 14.6. The SMILES string of the molecule is CC(C)n1cnc2cc(N3CCN(Cc4cn5c(n4)COCC5)CC3)ccc2c1=O. The van der Waals surface area contributed by atoms with E-state index in [0.717, 1.165) is 68.6 Å². The van der Waals surface area contributed by atoms with Crippen molar-refractivity contribution in [3.63, 3.8) is 0 Å². The molecule has 5 rings (SSSR count). The molecule has 1 saturated heterocycles. The van der Waals surface area contributed by atoms with Gasteiger partial charge in [-0.3, -0.25) is 14.3 Å². The number of hydrogen-bond acceptors (Lipinski definition) is 6. The molecule has 2 aromatic heterocycles. The highest BCUT2D eigenvalue weighted by Crippen LogP contribution is 2.21. The molecule has 4 heterocycles. The zero-order chi connectivity index (χ0) is 20.7. The van der Waals surface area contributed by atoms with Gasteiger partial charge in [-0.25, -0.2) is 9.97 Å².